The van der Waals surface area contributed by atoms with Gasteiger partial charge in [-0.2, -0.15) is 0 Å². The van der Waals surface area contributed by atoms with Crippen LogP contribution in [0.3, 0.4) is 0 Å². The van der Waals surface area contributed by atoms with E-state index in [1.807, 2.05) is 6.08 Å². The highest BCUT2D eigenvalue weighted by atomic mass is 16.7. The van der Waals surface area contributed by atoms with E-state index in [1.54, 1.807) is 0 Å². The van der Waals surface area contributed by atoms with Crippen molar-refractivity contribution in [3.8, 4) is 0 Å². The molecule has 0 aliphatic heterocycles. The molecule has 166 valence electrons. The summed E-state index contributed by atoms with van der Waals surface area (Å²) < 4.78 is 4.81. The van der Waals surface area contributed by atoms with Gasteiger partial charge < -0.3 is 20.1 Å². The Morgan fingerprint density at radius 1 is 1.23 bits per heavy atom. The van der Waals surface area contributed by atoms with Crippen molar-refractivity contribution in [1.82, 2.24) is 0 Å². The molecule has 0 heterocycles. The van der Waals surface area contributed by atoms with Crippen LogP contribution >= 0.6 is 0 Å². The van der Waals surface area contributed by atoms with E-state index in [2.05, 4.69) is 6.92 Å². The molecule has 6 heteroatoms. The van der Waals surface area contributed by atoms with Gasteiger partial charge in [0, 0.05) is 30.8 Å². The Balaban J connectivity index is 1.47. The van der Waals surface area contributed by atoms with Gasteiger partial charge >= 0.3 is 6.16 Å². The van der Waals surface area contributed by atoms with Crippen molar-refractivity contribution < 1.29 is 29.6 Å². The summed E-state index contributed by atoms with van der Waals surface area (Å²) in [5.74, 6) is 2.84. The van der Waals surface area contributed by atoms with Crippen LogP contribution in [-0.4, -0.2) is 46.1 Å². The Labute approximate surface area is 177 Å². The Morgan fingerprint density at radius 3 is 2.73 bits per heavy atom. The third-order valence-electron chi connectivity index (χ3n) is 9.91. The van der Waals surface area contributed by atoms with Crippen LogP contribution in [-0.2, 0) is 9.53 Å². The molecule has 0 spiro atoms. The molecule has 6 nitrogen and oxygen atoms in total. The van der Waals surface area contributed by atoms with Crippen molar-refractivity contribution in [2.75, 3.05) is 13.2 Å². The van der Waals surface area contributed by atoms with Gasteiger partial charge in [0.1, 0.15) is 0 Å². The second-order valence-electron chi connectivity index (χ2n) is 10.6. The van der Waals surface area contributed by atoms with Gasteiger partial charge in [-0.3, -0.25) is 4.79 Å². The van der Waals surface area contributed by atoms with Crippen LogP contribution in [0.2, 0.25) is 0 Å². The summed E-state index contributed by atoms with van der Waals surface area (Å²) in [7, 11) is 0. The van der Waals surface area contributed by atoms with Crippen molar-refractivity contribution >= 4 is 11.9 Å². The second-order valence-corrected chi connectivity index (χ2v) is 10.6. The molecular weight excluding hydrogens is 384 g/mol. The van der Waals surface area contributed by atoms with Crippen LogP contribution in [0.5, 0.6) is 0 Å². The van der Waals surface area contributed by atoms with E-state index in [4.69, 9.17) is 9.84 Å². The maximum Gasteiger partial charge on any atom is 0.505 e. The topological polar surface area (TPSA) is 104 Å². The monoisotopic (exact) mass is 418 g/mol. The largest absolute Gasteiger partial charge is 0.505 e. The standard InChI is InChI=1S/C24H34O6/c1-2-23-6-5-16-15-4-3-14(26)10-17(15)13(12-25)9-18(16)21(23)19-11-20(19)24(23,29)7-8-30-22(27)28/h10,13,15-16,18-21,25,29H,2-9,11-12H2,1H3,(H,27,28)/t13-,15+,16+,18+,19-,20+,21+,23-,24-/m0/s1. The van der Waals surface area contributed by atoms with Gasteiger partial charge in [-0.05, 0) is 80.1 Å². The Morgan fingerprint density at radius 2 is 2.03 bits per heavy atom. The molecule has 0 radical (unpaired) electrons. The van der Waals surface area contributed by atoms with Crippen molar-refractivity contribution in [3.63, 3.8) is 0 Å². The minimum absolute atomic E-state index is 0.0501. The van der Waals surface area contributed by atoms with Crippen LogP contribution in [0, 0.1) is 46.8 Å². The molecule has 0 aromatic carbocycles. The maximum atomic E-state index is 12.1. The van der Waals surface area contributed by atoms with Gasteiger partial charge in [0.25, 0.3) is 0 Å². The third kappa shape index (κ3) is 2.68. The van der Waals surface area contributed by atoms with Crippen LogP contribution < -0.4 is 0 Å². The average Bonchev–Trinajstić information content (AvgIpc) is 3.48. The maximum absolute atomic E-state index is 12.1. The van der Waals surface area contributed by atoms with Crippen LogP contribution in [0.15, 0.2) is 11.6 Å². The van der Waals surface area contributed by atoms with E-state index in [0.717, 1.165) is 38.5 Å². The zero-order chi connectivity index (χ0) is 21.3. The number of ketones is 1. The second kappa shape index (κ2) is 7.06. The van der Waals surface area contributed by atoms with E-state index in [-0.39, 0.29) is 36.2 Å². The molecule has 4 fully saturated rings. The zero-order valence-corrected chi connectivity index (χ0v) is 17.8. The molecule has 0 bridgehead atoms. The molecule has 9 atom stereocenters. The van der Waals surface area contributed by atoms with Gasteiger partial charge in [0.15, 0.2) is 5.78 Å². The summed E-state index contributed by atoms with van der Waals surface area (Å²) in [4.78, 5) is 22.9. The SMILES string of the molecule is CC[C@]12CC[C@H]3[C@@H](C[C@@H](CO)C4=CC(=O)CC[C@@H]43)[C@@H]1[C@H]1C[C@H]1[C@@]2(O)CCOC(=O)O. The van der Waals surface area contributed by atoms with E-state index in [0.29, 0.717) is 42.4 Å². The Kier molecular flexibility index (Phi) is 4.82. The van der Waals surface area contributed by atoms with Gasteiger partial charge in [-0.1, -0.05) is 12.5 Å². The molecule has 3 N–H and O–H groups in total. The number of hydrogen-bond acceptors (Lipinski definition) is 5. The fraction of sp³-hybridized carbons (Fsp3) is 0.833. The zero-order valence-electron chi connectivity index (χ0n) is 17.8. The number of hydrogen-bond donors (Lipinski definition) is 3. The average molecular weight is 419 g/mol. The lowest BCUT2D eigenvalue weighted by Crippen LogP contribution is -2.57. The summed E-state index contributed by atoms with van der Waals surface area (Å²) in [6.07, 6.45) is 7.30. The Bertz CT molecular complexity index is 776. The molecule has 0 saturated heterocycles. The molecule has 0 aromatic rings. The first-order chi connectivity index (χ1) is 14.4. The summed E-state index contributed by atoms with van der Waals surface area (Å²) in [5.41, 5.74) is 0.148. The van der Waals surface area contributed by atoms with Crippen LogP contribution in [0.4, 0.5) is 4.79 Å². The van der Waals surface area contributed by atoms with Gasteiger partial charge in [0.05, 0.1) is 12.2 Å². The highest BCUT2D eigenvalue weighted by Gasteiger charge is 2.76. The summed E-state index contributed by atoms with van der Waals surface area (Å²) >= 11 is 0. The lowest BCUT2D eigenvalue weighted by molar-refractivity contribution is -0.162. The number of fused-ring (bicyclic) bond motifs is 7. The normalized spacial score (nSPS) is 48.7. The van der Waals surface area contributed by atoms with E-state index >= 15 is 0 Å². The number of aliphatic hydroxyl groups excluding tert-OH is 1. The molecule has 5 rings (SSSR count). The lowest BCUT2D eigenvalue weighted by atomic mass is 9.46. The number of aliphatic hydroxyl groups is 2. The number of ether oxygens (including phenoxy) is 1. The minimum atomic E-state index is -1.28. The molecule has 5 aliphatic rings. The predicted molar refractivity (Wildman–Crippen MR) is 109 cm³/mol. The van der Waals surface area contributed by atoms with Crippen molar-refractivity contribution in [2.24, 2.45) is 46.8 Å². The third-order valence-corrected chi connectivity index (χ3v) is 9.91. The first kappa shape index (κ1) is 20.5. The van der Waals surface area contributed by atoms with Crippen molar-refractivity contribution in [3.05, 3.63) is 11.6 Å². The fourth-order valence-corrected chi connectivity index (χ4v) is 8.87. The molecule has 4 saturated carbocycles. The van der Waals surface area contributed by atoms with Crippen molar-refractivity contribution in [2.45, 2.75) is 63.9 Å². The smallest absolute Gasteiger partial charge is 0.450 e. The minimum Gasteiger partial charge on any atom is -0.450 e. The summed E-state index contributed by atoms with van der Waals surface area (Å²) in [6.45, 7) is 2.32. The Hall–Kier alpha value is -1.40. The molecular formula is C24H34O6. The molecule has 30 heavy (non-hydrogen) atoms. The quantitative estimate of drug-likeness (QED) is 0.591. The number of rotatable bonds is 5. The number of carbonyl (C=O) groups is 2. The number of carbonyl (C=O) groups excluding carboxylic acids is 1. The summed E-state index contributed by atoms with van der Waals surface area (Å²) in [5, 5.41) is 31.0. The highest BCUT2D eigenvalue weighted by molar-refractivity contribution is 5.91. The predicted octanol–water partition coefficient (Wildman–Crippen LogP) is 3.41. The molecule has 5 aliphatic carbocycles. The molecule has 0 amide bonds. The van der Waals surface area contributed by atoms with E-state index in [1.165, 1.54) is 5.57 Å². The van der Waals surface area contributed by atoms with Gasteiger partial charge in [0.2, 0.25) is 0 Å². The van der Waals surface area contributed by atoms with Crippen LogP contribution in [0.25, 0.3) is 0 Å². The van der Waals surface area contributed by atoms with Gasteiger partial charge in [-0.25, -0.2) is 4.79 Å². The molecule has 0 aromatic heterocycles. The van der Waals surface area contributed by atoms with Crippen LogP contribution in [0.1, 0.15) is 58.3 Å². The van der Waals surface area contributed by atoms with Gasteiger partial charge in [-0.15, -0.1) is 0 Å². The van der Waals surface area contributed by atoms with E-state index < -0.39 is 11.8 Å². The van der Waals surface area contributed by atoms with Crippen molar-refractivity contribution in [1.29, 1.82) is 0 Å². The first-order valence-electron chi connectivity index (χ1n) is 11.8. The molecule has 0 unspecified atom stereocenters. The fourth-order valence-electron chi connectivity index (χ4n) is 8.87. The van der Waals surface area contributed by atoms with E-state index in [9.17, 15) is 19.8 Å². The first-order valence-corrected chi connectivity index (χ1v) is 11.8. The highest BCUT2D eigenvalue weighted by Crippen LogP contribution is 2.77. The lowest BCUT2D eigenvalue weighted by Gasteiger charge is -2.59. The summed E-state index contributed by atoms with van der Waals surface area (Å²) in [6, 6.07) is 0. The number of carboxylic acid groups (broad SMARTS) is 1.